The summed E-state index contributed by atoms with van der Waals surface area (Å²) in [5, 5.41) is 41.3. The molecule has 1 aliphatic carbocycles. The van der Waals surface area contributed by atoms with Gasteiger partial charge in [0.05, 0.1) is 5.25 Å². The summed E-state index contributed by atoms with van der Waals surface area (Å²) in [5.41, 5.74) is 9.47. The first kappa shape index (κ1) is 36.7. The summed E-state index contributed by atoms with van der Waals surface area (Å²) >= 11 is 1.25. The Hall–Kier alpha value is -3.79. The number of carbonyl (C=O) groups excluding carboxylic acids is 3. The maximum atomic E-state index is 13.4. The number of hydrogen-bond donors (Lipinski definition) is 7. The standard InChI is InChI=1S/C31H42N4O10S/c1-2-4-23(46-16-22(27(38)35-28(39)30(42)43)34-24(37)9-8-21(32)29(40)41)26-20-7-6-18(15-17-10-12-33-13-11-17)19(5-3-14-36)25(20)31(44)45-26/h10-13,21-23,25,28,36,39H,2-9,14-16,32H2,1H3,(H,34,37)(H,35,38)(H,40,41)(H,42,43)/t21-,22-,23+,25+,28-/m0/s1. The number of nitrogens with zero attached hydrogens (tertiary/aromatic N) is 1. The van der Waals surface area contributed by atoms with Crippen molar-refractivity contribution in [3.63, 3.8) is 0 Å². The quantitative estimate of drug-likeness (QED) is 0.0623. The number of amides is 2. The predicted octanol–water partition coefficient (Wildman–Crippen LogP) is 1.01. The van der Waals surface area contributed by atoms with Gasteiger partial charge in [0.15, 0.2) is 0 Å². The molecule has 0 fully saturated rings. The number of nitrogens with one attached hydrogen (secondary N) is 2. The van der Waals surface area contributed by atoms with Gasteiger partial charge in [0.1, 0.15) is 23.8 Å². The Morgan fingerprint density at radius 2 is 1.83 bits per heavy atom. The molecule has 0 radical (unpaired) electrons. The number of carboxylic acid groups (broad SMARTS) is 2. The molecular weight excluding hydrogens is 620 g/mol. The minimum Gasteiger partial charge on any atom is -0.480 e. The normalized spacial score (nSPS) is 18.7. The number of pyridine rings is 1. The lowest BCUT2D eigenvalue weighted by molar-refractivity contribution is -0.151. The third-order valence-corrected chi connectivity index (χ3v) is 9.23. The molecule has 1 aromatic rings. The lowest BCUT2D eigenvalue weighted by atomic mass is 9.76. The number of carbonyl (C=O) groups is 5. The van der Waals surface area contributed by atoms with Gasteiger partial charge in [-0.05, 0) is 68.2 Å². The van der Waals surface area contributed by atoms with E-state index in [1.54, 1.807) is 12.4 Å². The van der Waals surface area contributed by atoms with E-state index in [1.807, 2.05) is 24.4 Å². The van der Waals surface area contributed by atoms with Crippen molar-refractivity contribution in [3.8, 4) is 0 Å². The van der Waals surface area contributed by atoms with E-state index < -0.39 is 54.0 Å². The zero-order chi connectivity index (χ0) is 33.8. The van der Waals surface area contributed by atoms with Gasteiger partial charge in [-0.25, -0.2) is 4.79 Å². The molecule has 2 amide bonds. The number of rotatable bonds is 19. The minimum atomic E-state index is -2.21. The van der Waals surface area contributed by atoms with Crippen LogP contribution in [0.5, 0.6) is 0 Å². The zero-order valence-electron chi connectivity index (χ0n) is 25.6. The number of aliphatic hydroxyl groups is 2. The van der Waals surface area contributed by atoms with E-state index in [2.05, 4.69) is 10.3 Å². The molecule has 3 rings (SSSR count). The maximum Gasteiger partial charge on any atom is 0.353 e. The van der Waals surface area contributed by atoms with Crippen LogP contribution in [0.1, 0.15) is 63.9 Å². The van der Waals surface area contributed by atoms with E-state index in [-0.39, 0.29) is 30.5 Å². The second kappa shape index (κ2) is 17.8. The number of esters is 1. The molecule has 0 bridgehead atoms. The lowest BCUT2D eigenvalue weighted by Crippen LogP contribution is -2.53. The van der Waals surface area contributed by atoms with E-state index in [1.165, 1.54) is 11.8 Å². The average molecular weight is 663 g/mol. The van der Waals surface area contributed by atoms with Gasteiger partial charge in [0, 0.05) is 31.2 Å². The molecule has 0 aromatic carbocycles. The van der Waals surface area contributed by atoms with Gasteiger partial charge >= 0.3 is 17.9 Å². The van der Waals surface area contributed by atoms with Crippen molar-refractivity contribution in [2.24, 2.45) is 11.7 Å². The van der Waals surface area contributed by atoms with Crippen molar-refractivity contribution in [3.05, 3.63) is 52.6 Å². The summed E-state index contributed by atoms with van der Waals surface area (Å²) in [6, 6.07) is 1.26. The van der Waals surface area contributed by atoms with Crippen molar-refractivity contribution in [1.82, 2.24) is 15.6 Å². The van der Waals surface area contributed by atoms with Gasteiger partial charge in [0.25, 0.3) is 0 Å². The fourth-order valence-corrected chi connectivity index (χ4v) is 6.93. The number of hydrogen-bond acceptors (Lipinski definition) is 11. The topological polar surface area (TPSA) is 238 Å². The van der Waals surface area contributed by atoms with Crippen LogP contribution in [0.2, 0.25) is 0 Å². The third-order valence-electron chi connectivity index (χ3n) is 7.85. The molecule has 46 heavy (non-hydrogen) atoms. The molecular formula is C31H42N4O10S. The van der Waals surface area contributed by atoms with Crippen LogP contribution in [0.4, 0.5) is 0 Å². The zero-order valence-corrected chi connectivity index (χ0v) is 26.5. The fourth-order valence-electron chi connectivity index (χ4n) is 5.52. The molecule has 1 aliphatic heterocycles. The monoisotopic (exact) mass is 662 g/mol. The number of nitrogens with two attached hydrogens (primary N) is 1. The first-order valence-corrected chi connectivity index (χ1v) is 16.3. The Kier molecular flexibility index (Phi) is 14.2. The van der Waals surface area contributed by atoms with Gasteiger partial charge in [-0.15, -0.1) is 11.8 Å². The van der Waals surface area contributed by atoms with Crippen molar-refractivity contribution in [2.75, 3.05) is 12.4 Å². The van der Waals surface area contributed by atoms with Gasteiger partial charge in [-0.3, -0.25) is 24.2 Å². The number of ether oxygens (including phenoxy) is 1. The number of carboxylic acids is 2. The van der Waals surface area contributed by atoms with E-state index >= 15 is 0 Å². The van der Waals surface area contributed by atoms with Crippen molar-refractivity contribution in [2.45, 2.75) is 88.3 Å². The Labute approximate surface area is 270 Å². The SMILES string of the molecule is CCC[C@@H](SC[C@H](NC(=O)CC[C@H](N)C(=O)O)C(=O)N[C@@H](O)C(=O)O)C1=C2CCC(Cc3ccncc3)=C(CCCO)[C@H]2C(=O)O1. The minimum absolute atomic E-state index is 0.0258. The summed E-state index contributed by atoms with van der Waals surface area (Å²) in [7, 11) is 0. The Bertz CT molecular complexity index is 1340. The summed E-state index contributed by atoms with van der Waals surface area (Å²) < 4.78 is 5.93. The van der Waals surface area contributed by atoms with E-state index in [9.17, 15) is 34.2 Å². The largest absolute Gasteiger partial charge is 0.480 e. The summed E-state index contributed by atoms with van der Waals surface area (Å²) in [6.45, 7) is 1.93. The summed E-state index contributed by atoms with van der Waals surface area (Å²) in [5.74, 6) is -5.15. The second-order valence-electron chi connectivity index (χ2n) is 11.2. The lowest BCUT2D eigenvalue weighted by Gasteiger charge is -2.27. The number of cyclic esters (lactones) is 1. The molecule has 2 aliphatic rings. The van der Waals surface area contributed by atoms with E-state index in [0.29, 0.717) is 50.7 Å². The molecule has 14 nitrogen and oxygen atoms in total. The number of thioether (sulfide) groups is 1. The maximum absolute atomic E-state index is 13.4. The molecule has 0 saturated carbocycles. The van der Waals surface area contributed by atoms with Crippen LogP contribution in [-0.4, -0.2) is 91.1 Å². The van der Waals surface area contributed by atoms with Crippen LogP contribution >= 0.6 is 11.8 Å². The molecule has 1 aromatic heterocycles. The van der Waals surface area contributed by atoms with E-state index in [4.69, 9.17) is 20.7 Å². The fraction of sp³-hybridized carbons (Fsp3) is 0.548. The molecule has 0 spiro atoms. The molecule has 8 N–H and O–H groups in total. The number of aliphatic carboxylic acids is 2. The van der Waals surface area contributed by atoms with Crippen LogP contribution in [0.3, 0.4) is 0 Å². The number of aromatic nitrogens is 1. The van der Waals surface area contributed by atoms with Crippen molar-refractivity contribution >= 4 is 41.5 Å². The smallest absolute Gasteiger partial charge is 0.353 e. The van der Waals surface area contributed by atoms with E-state index in [0.717, 1.165) is 22.3 Å². The van der Waals surface area contributed by atoms with Crippen LogP contribution in [0.25, 0.3) is 0 Å². The second-order valence-corrected chi connectivity index (χ2v) is 12.4. The molecule has 0 saturated heterocycles. The molecule has 15 heteroatoms. The Morgan fingerprint density at radius 1 is 1.11 bits per heavy atom. The molecule has 5 atom stereocenters. The highest BCUT2D eigenvalue weighted by Crippen LogP contribution is 2.47. The van der Waals surface area contributed by atoms with Gasteiger partial charge in [0.2, 0.25) is 18.0 Å². The van der Waals surface area contributed by atoms with Crippen LogP contribution in [0, 0.1) is 5.92 Å². The van der Waals surface area contributed by atoms with Gasteiger partial charge in [-0.2, -0.15) is 0 Å². The van der Waals surface area contributed by atoms with Crippen LogP contribution in [-0.2, 0) is 35.1 Å². The first-order valence-electron chi connectivity index (χ1n) is 15.2. The van der Waals surface area contributed by atoms with Gasteiger partial charge < -0.3 is 41.5 Å². The predicted molar refractivity (Wildman–Crippen MR) is 167 cm³/mol. The highest BCUT2D eigenvalue weighted by atomic mass is 32.2. The highest BCUT2D eigenvalue weighted by Gasteiger charge is 2.43. The van der Waals surface area contributed by atoms with Crippen LogP contribution < -0.4 is 16.4 Å². The first-order chi connectivity index (χ1) is 22.0. The molecule has 252 valence electrons. The van der Waals surface area contributed by atoms with Gasteiger partial charge in [-0.1, -0.05) is 24.5 Å². The molecule has 2 heterocycles. The number of fused-ring (bicyclic) bond motifs is 1. The number of allylic oxidation sites excluding steroid dienone is 1. The summed E-state index contributed by atoms with van der Waals surface area (Å²) in [4.78, 5) is 65.2. The Balaban J connectivity index is 1.85. The number of aliphatic hydroxyl groups excluding tert-OH is 2. The summed E-state index contributed by atoms with van der Waals surface area (Å²) in [6.07, 6.45) is 4.96. The average Bonchev–Trinajstić information content (AvgIpc) is 3.36. The van der Waals surface area contributed by atoms with Crippen molar-refractivity contribution in [1.29, 1.82) is 0 Å². The Morgan fingerprint density at radius 3 is 2.46 bits per heavy atom. The molecule has 0 unspecified atom stereocenters. The highest BCUT2D eigenvalue weighted by molar-refractivity contribution is 8.00. The van der Waals surface area contributed by atoms with Crippen LogP contribution in [0.15, 0.2) is 47.0 Å². The van der Waals surface area contributed by atoms with Crippen molar-refractivity contribution < 1.29 is 49.1 Å². The third kappa shape index (κ3) is 10.1.